The minimum absolute atomic E-state index is 0.0449. The number of rotatable bonds is 5. The average Bonchev–Trinajstić information content (AvgIpc) is 2.32. The van der Waals surface area contributed by atoms with E-state index in [2.05, 4.69) is 53.1 Å². The average molecular weight is 473 g/mol. The number of anilines is 1. The zero-order valence-corrected chi connectivity index (χ0v) is 15.4. The molecular formula is C12H13Br3N2O3. The Balaban J connectivity index is 2.64. The van der Waals surface area contributed by atoms with Crippen molar-refractivity contribution in [3.8, 4) is 0 Å². The first-order chi connectivity index (χ1) is 9.31. The van der Waals surface area contributed by atoms with Crippen LogP contribution in [0.5, 0.6) is 0 Å². The number of aliphatic carboxylic acids is 1. The number of carbonyl (C=O) groups is 2. The highest BCUT2D eigenvalue weighted by atomic mass is 79.9. The Kier molecular flexibility index (Phi) is 6.97. The molecule has 0 aliphatic carbocycles. The van der Waals surface area contributed by atoms with Gasteiger partial charge in [-0.25, -0.2) is 4.79 Å². The Bertz CT molecular complexity index is 500. The van der Waals surface area contributed by atoms with Crippen molar-refractivity contribution >= 4 is 65.5 Å². The molecule has 0 fully saturated rings. The number of hydrogen-bond donors (Lipinski definition) is 2. The van der Waals surface area contributed by atoms with E-state index in [4.69, 9.17) is 5.11 Å². The molecule has 0 aromatic heterocycles. The number of carboxylic acid groups (broad SMARTS) is 1. The number of halogens is 3. The number of hydrogen-bond acceptors (Lipinski definition) is 2. The maximum Gasteiger partial charge on any atom is 0.321 e. The van der Waals surface area contributed by atoms with Crippen LogP contribution in [0, 0.1) is 0 Å². The summed E-state index contributed by atoms with van der Waals surface area (Å²) in [7, 11) is 1.62. The molecule has 1 aromatic carbocycles. The van der Waals surface area contributed by atoms with Gasteiger partial charge in [0.15, 0.2) is 0 Å². The van der Waals surface area contributed by atoms with E-state index in [1.165, 1.54) is 4.90 Å². The quantitative estimate of drug-likeness (QED) is 0.671. The number of carboxylic acids is 1. The van der Waals surface area contributed by atoms with Crippen LogP contribution in [0.25, 0.3) is 0 Å². The normalized spacial score (nSPS) is 10.2. The van der Waals surface area contributed by atoms with Gasteiger partial charge in [0, 0.05) is 33.4 Å². The minimum Gasteiger partial charge on any atom is -0.481 e. The molecule has 0 unspecified atom stereocenters. The van der Waals surface area contributed by atoms with E-state index < -0.39 is 5.97 Å². The summed E-state index contributed by atoms with van der Waals surface area (Å²) in [6.07, 6.45) is 0.464. The maximum absolute atomic E-state index is 12.0. The molecule has 2 N–H and O–H groups in total. The van der Waals surface area contributed by atoms with Crippen LogP contribution < -0.4 is 5.32 Å². The monoisotopic (exact) mass is 470 g/mol. The smallest absolute Gasteiger partial charge is 0.321 e. The molecule has 0 heterocycles. The van der Waals surface area contributed by atoms with Crippen molar-refractivity contribution in [3.05, 3.63) is 25.6 Å². The Labute approximate surface area is 142 Å². The van der Waals surface area contributed by atoms with Gasteiger partial charge in [0.25, 0.3) is 0 Å². The van der Waals surface area contributed by atoms with Crippen LogP contribution in [0.4, 0.5) is 10.5 Å². The molecule has 20 heavy (non-hydrogen) atoms. The summed E-state index contributed by atoms with van der Waals surface area (Å²) >= 11 is 10.1. The van der Waals surface area contributed by atoms with E-state index >= 15 is 0 Å². The van der Waals surface area contributed by atoms with E-state index in [0.717, 1.165) is 13.4 Å². The van der Waals surface area contributed by atoms with Crippen LogP contribution in [0.1, 0.15) is 12.8 Å². The van der Waals surface area contributed by atoms with Gasteiger partial charge in [-0.3, -0.25) is 4.79 Å². The third-order valence-corrected chi connectivity index (χ3v) is 4.18. The molecule has 1 rings (SSSR count). The van der Waals surface area contributed by atoms with Crippen molar-refractivity contribution < 1.29 is 14.7 Å². The number of carbonyl (C=O) groups excluding carboxylic acids is 1. The molecule has 0 bridgehead atoms. The van der Waals surface area contributed by atoms with Gasteiger partial charge >= 0.3 is 12.0 Å². The first-order valence-electron chi connectivity index (χ1n) is 5.69. The van der Waals surface area contributed by atoms with Crippen LogP contribution in [-0.4, -0.2) is 35.6 Å². The van der Waals surface area contributed by atoms with E-state index in [1.807, 2.05) is 12.1 Å². The largest absolute Gasteiger partial charge is 0.481 e. The van der Waals surface area contributed by atoms with Crippen LogP contribution in [0.2, 0.25) is 0 Å². The van der Waals surface area contributed by atoms with E-state index in [0.29, 0.717) is 18.7 Å². The van der Waals surface area contributed by atoms with Crippen LogP contribution in [0.3, 0.4) is 0 Å². The lowest BCUT2D eigenvalue weighted by Gasteiger charge is -2.19. The van der Waals surface area contributed by atoms with Gasteiger partial charge in [-0.1, -0.05) is 15.9 Å². The van der Waals surface area contributed by atoms with Crippen LogP contribution >= 0.6 is 47.8 Å². The van der Waals surface area contributed by atoms with Crippen molar-refractivity contribution in [2.75, 3.05) is 18.9 Å². The van der Waals surface area contributed by atoms with Crippen molar-refractivity contribution in [1.82, 2.24) is 4.90 Å². The molecule has 110 valence electrons. The summed E-state index contributed by atoms with van der Waals surface area (Å²) in [6, 6.07) is 3.36. The summed E-state index contributed by atoms with van der Waals surface area (Å²) in [4.78, 5) is 23.9. The Morgan fingerprint density at radius 1 is 1.25 bits per heavy atom. The second-order valence-corrected chi connectivity index (χ2v) is 6.72. The summed E-state index contributed by atoms with van der Waals surface area (Å²) in [6.45, 7) is 0.379. The summed E-state index contributed by atoms with van der Waals surface area (Å²) in [5.41, 5.74) is 0.628. The third kappa shape index (κ3) is 5.41. The lowest BCUT2D eigenvalue weighted by Crippen LogP contribution is -2.32. The first-order valence-corrected chi connectivity index (χ1v) is 8.07. The Hall–Kier alpha value is -0.600. The fraction of sp³-hybridized carbons (Fsp3) is 0.333. The fourth-order valence-electron chi connectivity index (χ4n) is 1.43. The van der Waals surface area contributed by atoms with E-state index in [9.17, 15) is 9.59 Å². The first kappa shape index (κ1) is 17.5. The maximum atomic E-state index is 12.0. The van der Waals surface area contributed by atoms with E-state index in [1.54, 1.807) is 7.05 Å². The number of urea groups is 1. The summed E-state index contributed by atoms with van der Waals surface area (Å²) in [5.74, 6) is -0.864. The van der Waals surface area contributed by atoms with Crippen LogP contribution in [0.15, 0.2) is 25.6 Å². The molecular weight excluding hydrogens is 460 g/mol. The topological polar surface area (TPSA) is 69.6 Å². The lowest BCUT2D eigenvalue weighted by molar-refractivity contribution is -0.137. The second kappa shape index (κ2) is 7.99. The molecule has 0 aliphatic rings. The van der Waals surface area contributed by atoms with Gasteiger partial charge in [-0.15, -0.1) is 0 Å². The van der Waals surface area contributed by atoms with Gasteiger partial charge in [0.05, 0.1) is 5.69 Å². The molecule has 8 heteroatoms. The Morgan fingerprint density at radius 3 is 2.30 bits per heavy atom. The SMILES string of the molecule is CN(CCCC(=O)O)C(=O)Nc1c(Br)cc(Br)cc1Br. The molecule has 0 atom stereocenters. The minimum atomic E-state index is -0.864. The highest BCUT2D eigenvalue weighted by Crippen LogP contribution is 2.34. The van der Waals surface area contributed by atoms with Gasteiger partial charge < -0.3 is 15.3 Å². The zero-order chi connectivity index (χ0) is 15.3. The van der Waals surface area contributed by atoms with Gasteiger partial charge in [0.1, 0.15) is 0 Å². The van der Waals surface area contributed by atoms with Crippen molar-refractivity contribution in [2.24, 2.45) is 0 Å². The standard InChI is InChI=1S/C12H13Br3N2O3/c1-17(4-2-3-10(18)19)12(20)16-11-8(14)5-7(13)6-9(11)15/h5-6H,2-4H2,1H3,(H,16,20)(H,18,19). The second-order valence-electron chi connectivity index (χ2n) is 4.09. The summed E-state index contributed by atoms with van der Waals surface area (Å²) < 4.78 is 2.36. The highest BCUT2D eigenvalue weighted by molar-refractivity contribution is 9.11. The molecule has 0 radical (unpaired) electrons. The number of nitrogens with one attached hydrogen (secondary N) is 1. The van der Waals surface area contributed by atoms with Crippen LogP contribution in [-0.2, 0) is 4.79 Å². The molecule has 0 spiro atoms. The molecule has 0 saturated heterocycles. The molecule has 1 aromatic rings. The predicted molar refractivity (Wildman–Crippen MR) is 88.1 cm³/mol. The molecule has 2 amide bonds. The summed E-state index contributed by atoms with van der Waals surface area (Å²) in [5, 5.41) is 11.3. The number of amides is 2. The predicted octanol–water partition coefficient (Wildman–Crippen LogP) is 4.30. The van der Waals surface area contributed by atoms with Crippen molar-refractivity contribution in [1.29, 1.82) is 0 Å². The van der Waals surface area contributed by atoms with Crippen molar-refractivity contribution in [2.45, 2.75) is 12.8 Å². The third-order valence-electron chi connectivity index (χ3n) is 2.47. The number of nitrogens with zero attached hydrogens (tertiary/aromatic N) is 1. The fourth-order valence-corrected chi connectivity index (χ4v) is 3.89. The highest BCUT2D eigenvalue weighted by Gasteiger charge is 2.14. The zero-order valence-electron chi connectivity index (χ0n) is 10.6. The lowest BCUT2D eigenvalue weighted by atomic mass is 10.3. The van der Waals surface area contributed by atoms with Gasteiger partial charge in [-0.2, -0.15) is 0 Å². The van der Waals surface area contributed by atoms with Gasteiger partial charge in [-0.05, 0) is 50.4 Å². The number of benzene rings is 1. The van der Waals surface area contributed by atoms with Crippen molar-refractivity contribution in [3.63, 3.8) is 0 Å². The molecule has 5 nitrogen and oxygen atoms in total. The molecule has 0 saturated carbocycles. The molecule has 0 aliphatic heterocycles. The van der Waals surface area contributed by atoms with E-state index in [-0.39, 0.29) is 12.5 Å². The van der Waals surface area contributed by atoms with Gasteiger partial charge in [0.2, 0.25) is 0 Å². The Morgan fingerprint density at radius 2 is 1.80 bits per heavy atom.